The van der Waals surface area contributed by atoms with Crippen LogP contribution in [-0.2, 0) is 27.6 Å². The topological polar surface area (TPSA) is 97.3 Å². The van der Waals surface area contributed by atoms with Crippen LogP contribution in [0.1, 0.15) is 16.7 Å². The van der Waals surface area contributed by atoms with Crippen LogP contribution in [0.2, 0.25) is 5.02 Å². The van der Waals surface area contributed by atoms with Crippen molar-refractivity contribution in [3.63, 3.8) is 0 Å². The first-order valence-corrected chi connectivity index (χ1v) is 13.1. The predicted octanol–water partition coefficient (Wildman–Crippen LogP) is 4.86. The minimum atomic E-state index is -4.81. The van der Waals surface area contributed by atoms with Gasteiger partial charge in [0.25, 0.3) is 5.91 Å². The molecule has 202 valence electrons. The number of rotatable bonds is 10. The average molecular weight is 570 g/mol. The molecule has 3 aromatic rings. The van der Waals surface area contributed by atoms with Crippen molar-refractivity contribution >= 4 is 39.4 Å². The molecule has 1 amide bonds. The van der Waals surface area contributed by atoms with Crippen molar-refractivity contribution in [2.75, 3.05) is 24.2 Å². The van der Waals surface area contributed by atoms with Crippen LogP contribution in [0, 0.1) is 0 Å². The van der Waals surface area contributed by atoms with E-state index in [9.17, 15) is 26.4 Å². The number of alkyl halides is 3. The van der Waals surface area contributed by atoms with E-state index in [2.05, 4.69) is 10.5 Å². The van der Waals surface area contributed by atoms with Gasteiger partial charge in [-0.15, -0.1) is 0 Å². The zero-order valence-electron chi connectivity index (χ0n) is 20.2. The highest BCUT2D eigenvalue weighted by Gasteiger charge is 2.34. The minimum Gasteiger partial charge on any atom is -0.493 e. The molecule has 38 heavy (non-hydrogen) atoms. The van der Waals surface area contributed by atoms with Crippen molar-refractivity contribution in [2.45, 2.75) is 12.8 Å². The number of ether oxygens (including phenoxy) is 2. The second-order valence-corrected chi connectivity index (χ2v) is 10.2. The molecule has 0 saturated heterocycles. The quantitative estimate of drug-likeness (QED) is 0.278. The molecule has 0 atom stereocenters. The van der Waals surface area contributed by atoms with E-state index >= 15 is 0 Å². The van der Waals surface area contributed by atoms with Gasteiger partial charge in [0.15, 0.2) is 11.5 Å². The van der Waals surface area contributed by atoms with E-state index < -0.39 is 39.2 Å². The number of nitrogens with zero attached hydrogens (tertiary/aromatic N) is 2. The number of nitrogens with one attached hydrogen (secondary N) is 1. The summed E-state index contributed by atoms with van der Waals surface area (Å²) in [5.74, 6) is 0.0233. The van der Waals surface area contributed by atoms with Crippen LogP contribution in [0.3, 0.4) is 0 Å². The number of benzene rings is 3. The number of sulfonamides is 1. The maximum Gasteiger partial charge on any atom is 0.417 e. The van der Waals surface area contributed by atoms with Crippen LogP contribution in [-0.4, -0.2) is 40.4 Å². The Kier molecular flexibility index (Phi) is 9.23. The summed E-state index contributed by atoms with van der Waals surface area (Å²) in [5.41, 5.74) is 2.06. The lowest BCUT2D eigenvalue weighted by Gasteiger charge is -2.22. The number of carbonyl (C=O) groups excluding carboxylic acids is 1. The lowest BCUT2D eigenvalue weighted by molar-refractivity contribution is -0.137. The van der Waals surface area contributed by atoms with Crippen molar-refractivity contribution in [1.29, 1.82) is 0 Å². The summed E-state index contributed by atoms with van der Waals surface area (Å²) in [6.07, 6.45) is -2.76. The Hall–Kier alpha value is -3.77. The number of methoxy groups -OCH3 is 1. The maximum atomic E-state index is 13.2. The van der Waals surface area contributed by atoms with Gasteiger partial charge in [0.1, 0.15) is 13.2 Å². The highest BCUT2D eigenvalue weighted by molar-refractivity contribution is 7.92. The van der Waals surface area contributed by atoms with Crippen molar-refractivity contribution in [2.24, 2.45) is 5.10 Å². The standard InChI is InChI=1S/C25H23ClF3N3O5S/c1-36-23-12-18(8-11-22(23)37-16-17-6-4-3-5-7-17)14-30-31-24(33)15-32(38(2,34)35)19-9-10-21(26)20(13-19)25(27,28)29/h3-14H,15-16H2,1-2H3,(H,31,33)/b30-14-. The molecule has 0 bridgehead atoms. The number of anilines is 1. The summed E-state index contributed by atoms with van der Waals surface area (Å²) in [5, 5.41) is 3.20. The molecule has 0 heterocycles. The molecule has 0 saturated carbocycles. The van der Waals surface area contributed by atoms with Crippen LogP contribution >= 0.6 is 11.6 Å². The molecule has 0 aliphatic rings. The Balaban J connectivity index is 1.68. The van der Waals surface area contributed by atoms with E-state index in [1.165, 1.54) is 13.3 Å². The van der Waals surface area contributed by atoms with Crippen LogP contribution < -0.4 is 19.2 Å². The van der Waals surface area contributed by atoms with Gasteiger partial charge in [0.2, 0.25) is 10.0 Å². The maximum absolute atomic E-state index is 13.2. The largest absolute Gasteiger partial charge is 0.493 e. The van der Waals surface area contributed by atoms with Gasteiger partial charge in [-0.25, -0.2) is 13.8 Å². The number of carbonyl (C=O) groups is 1. The molecule has 3 aromatic carbocycles. The van der Waals surface area contributed by atoms with Crippen molar-refractivity contribution in [3.05, 3.63) is 88.4 Å². The molecule has 1 N–H and O–H groups in total. The van der Waals surface area contributed by atoms with Gasteiger partial charge >= 0.3 is 6.18 Å². The number of hydrazone groups is 1. The Morgan fingerprint density at radius 3 is 2.42 bits per heavy atom. The van der Waals surface area contributed by atoms with Crippen molar-refractivity contribution in [3.8, 4) is 11.5 Å². The molecular formula is C25H23ClF3N3O5S. The van der Waals surface area contributed by atoms with E-state index in [0.29, 0.717) is 34.0 Å². The van der Waals surface area contributed by atoms with Crippen molar-refractivity contribution < 1.29 is 35.9 Å². The van der Waals surface area contributed by atoms with E-state index in [-0.39, 0.29) is 5.69 Å². The summed E-state index contributed by atoms with van der Waals surface area (Å²) < 4.78 is 75.7. The number of halogens is 4. The Bertz CT molecular complexity index is 1420. The van der Waals surface area contributed by atoms with Crippen LogP contribution in [0.4, 0.5) is 18.9 Å². The summed E-state index contributed by atoms with van der Waals surface area (Å²) in [6, 6.07) is 17.0. The first kappa shape index (κ1) is 28.8. The fraction of sp³-hybridized carbons (Fsp3) is 0.200. The van der Waals surface area contributed by atoms with Crippen LogP contribution in [0.25, 0.3) is 0 Å². The summed E-state index contributed by atoms with van der Waals surface area (Å²) in [6.45, 7) is -0.486. The third-order valence-corrected chi connectivity index (χ3v) is 6.53. The molecule has 13 heteroatoms. The first-order valence-electron chi connectivity index (χ1n) is 10.9. The van der Waals surface area contributed by atoms with Crippen molar-refractivity contribution in [1.82, 2.24) is 5.43 Å². The SMILES string of the molecule is COc1cc(/C=N\NC(=O)CN(c2ccc(Cl)c(C(F)(F)F)c2)S(C)(=O)=O)ccc1OCc1ccccc1. The van der Waals surface area contributed by atoms with Gasteiger partial charge in [0.05, 0.1) is 35.9 Å². The van der Waals surface area contributed by atoms with Gasteiger partial charge in [-0.2, -0.15) is 18.3 Å². The zero-order chi connectivity index (χ0) is 27.9. The lowest BCUT2D eigenvalue weighted by atomic mass is 10.2. The fourth-order valence-corrected chi connectivity index (χ4v) is 4.32. The summed E-state index contributed by atoms with van der Waals surface area (Å²) >= 11 is 5.61. The minimum absolute atomic E-state index is 0.329. The molecule has 0 aliphatic heterocycles. The number of hydrogen-bond donors (Lipinski definition) is 1. The second kappa shape index (κ2) is 12.2. The normalized spacial score (nSPS) is 11.8. The molecule has 8 nitrogen and oxygen atoms in total. The monoisotopic (exact) mass is 569 g/mol. The third-order valence-electron chi connectivity index (χ3n) is 5.06. The molecule has 0 spiro atoms. The molecule has 0 fully saturated rings. The highest BCUT2D eigenvalue weighted by atomic mass is 35.5. The van der Waals surface area contributed by atoms with Gasteiger partial charge in [-0.3, -0.25) is 9.10 Å². The Labute approximate surface area is 222 Å². The molecule has 3 rings (SSSR count). The molecule has 0 radical (unpaired) electrons. The Morgan fingerprint density at radius 2 is 1.79 bits per heavy atom. The average Bonchev–Trinajstić information content (AvgIpc) is 2.86. The summed E-state index contributed by atoms with van der Waals surface area (Å²) in [4.78, 5) is 12.4. The van der Waals surface area contributed by atoms with E-state index in [4.69, 9.17) is 21.1 Å². The second-order valence-electron chi connectivity index (χ2n) is 7.91. The smallest absolute Gasteiger partial charge is 0.417 e. The van der Waals surface area contributed by atoms with E-state index in [1.807, 2.05) is 30.3 Å². The molecule has 0 aliphatic carbocycles. The highest BCUT2D eigenvalue weighted by Crippen LogP contribution is 2.37. The lowest BCUT2D eigenvalue weighted by Crippen LogP contribution is -2.39. The van der Waals surface area contributed by atoms with Crippen LogP contribution in [0.15, 0.2) is 71.8 Å². The fourth-order valence-electron chi connectivity index (χ4n) is 3.25. The van der Waals surface area contributed by atoms with Crippen LogP contribution in [0.5, 0.6) is 11.5 Å². The molecular weight excluding hydrogens is 547 g/mol. The Morgan fingerprint density at radius 1 is 1.08 bits per heavy atom. The van der Waals surface area contributed by atoms with E-state index in [1.54, 1.807) is 18.2 Å². The first-order chi connectivity index (χ1) is 17.9. The molecule has 0 aromatic heterocycles. The summed E-state index contributed by atoms with van der Waals surface area (Å²) in [7, 11) is -2.66. The van der Waals surface area contributed by atoms with Gasteiger partial charge in [-0.05, 0) is 47.5 Å². The van der Waals surface area contributed by atoms with Gasteiger partial charge < -0.3 is 9.47 Å². The number of amides is 1. The van der Waals surface area contributed by atoms with Gasteiger partial charge in [0, 0.05) is 0 Å². The zero-order valence-corrected chi connectivity index (χ0v) is 21.8. The van der Waals surface area contributed by atoms with Gasteiger partial charge in [-0.1, -0.05) is 41.9 Å². The third kappa shape index (κ3) is 7.86. The van der Waals surface area contributed by atoms with E-state index in [0.717, 1.165) is 24.0 Å². The molecule has 0 unspecified atom stereocenters. The predicted molar refractivity (Wildman–Crippen MR) is 138 cm³/mol. The number of hydrogen-bond acceptors (Lipinski definition) is 6.